The molecule has 0 heterocycles. The second kappa shape index (κ2) is 29.9. The maximum Gasteiger partial charge on any atom is 0.307 e. The molecule has 0 aromatic rings. The normalized spacial score (nSPS) is 14.2. The topological polar surface area (TPSA) is 150 Å². The first-order valence-corrected chi connectivity index (χ1v) is 20.4. The fourth-order valence-corrected chi connectivity index (χ4v) is 5.92. The molecular formula is C38H69NO8S. The van der Waals surface area contributed by atoms with Crippen LogP contribution in [0.15, 0.2) is 12.2 Å². The van der Waals surface area contributed by atoms with Crippen molar-refractivity contribution >= 4 is 22.0 Å². The fraction of sp³-hybridized carbons (Fsp3) is 0.842. The minimum Gasteiger partial charge on any atom is -0.463 e. The van der Waals surface area contributed by atoms with Crippen LogP contribution in [-0.4, -0.2) is 65.2 Å². The number of allylic oxidation sites excluding steroid dienone is 2. The molecule has 0 bridgehead atoms. The number of carbonyl (C=O) groups is 2. The van der Waals surface area contributed by atoms with E-state index in [2.05, 4.69) is 36.2 Å². The van der Waals surface area contributed by atoms with Gasteiger partial charge in [0.05, 0.1) is 30.3 Å². The van der Waals surface area contributed by atoms with Gasteiger partial charge in [-0.3, -0.25) is 14.1 Å². The van der Waals surface area contributed by atoms with Gasteiger partial charge in [-0.2, -0.15) is 8.42 Å². The van der Waals surface area contributed by atoms with E-state index in [0.29, 0.717) is 19.3 Å². The van der Waals surface area contributed by atoms with E-state index in [1.54, 1.807) is 6.92 Å². The third-order valence-corrected chi connectivity index (χ3v) is 9.04. The van der Waals surface area contributed by atoms with Crippen LogP contribution >= 0.6 is 0 Å². The number of rotatable bonds is 31. The second-order valence-electron chi connectivity index (χ2n) is 13.6. The van der Waals surface area contributed by atoms with E-state index < -0.39 is 39.6 Å². The molecule has 0 unspecified atom stereocenters. The summed E-state index contributed by atoms with van der Waals surface area (Å²) in [4.78, 5) is 24.0. The Morgan fingerprint density at radius 1 is 0.854 bits per heavy atom. The van der Waals surface area contributed by atoms with Crippen molar-refractivity contribution in [3.8, 4) is 11.8 Å². The van der Waals surface area contributed by atoms with E-state index in [0.717, 1.165) is 19.3 Å². The Morgan fingerprint density at radius 2 is 1.40 bits per heavy atom. The van der Waals surface area contributed by atoms with Crippen LogP contribution in [0.2, 0.25) is 0 Å². The van der Waals surface area contributed by atoms with Gasteiger partial charge in [0.25, 0.3) is 10.1 Å². The summed E-state index contributed by atoms with van der Waals surface area (Å²) in [5, 5.41) is 23.1. The lowest BCUT2D eigenvalue weighted by atomic mass is 9.93. The summed E-state index contributed by atoms with van der Waals surface area (Å²) in [6.45, 7) is 5.25. The summed E-state index contributed by atoms with van der Waals surface area (Å²) < 4.78 is 35.5. The van der Waals surface area contributed by atoms with Crippen LogP contribution in [0.5, 0.6) is 0 Å². The van der Waals surface area contributed by atoms with Gasteiger partial charge in [-0.25, -0.2) is 0 Å². The Hall–Kier alpha value is -1.93. The van der Waals surface area contributed by atoms with Gasteiger partial charge in [0.2, 0.25) is 5.91 Å². The van der Waals surface area contributed by atoms with Crippen LogP contribution in [0, 0.1) is 11.8 Å². The third kappa shape index (κ3) is 34.0. The number of hydrogen-bond donors (Lipinski definition) is 4. The van der Waals surface area contributed by atoms with Crippen LogP contribution in [0.1, 0.15) is 175 Å². The highest BCUT2D eigenvalue weighted by molar-refractivity contribution is 7.85. The van der Waals surface area contributed by atoms with E-state index in [9.17, 15) is 28.2 Å². The monoisotopic (exact) mass is 699 g/mol. The van der Waals surface area contributed by atoms with Gasteiger partial charge >= 0.3 is 5.97 Å². The van der Waals surface area contributed by atoms with E-state index in [1.165, 1.54) is 96.8 Å². The Balaban J connectivity index is 3.75. The second-order valence-corrected chi connectivity index (χ2v) is 15.2. The summed E-state index contributed by atoms with van der Waals surface area (Å²) in [7, 11) is -4.17. The van der Waals surface area contributed by atoms with Crippen molar-refractivity contribution in [2.75, 3.05) is 12.3 Å². The van der Waals surface area contributed by atoms with Crippen molar-refractivity contribution in [1.82, 2.24) is 5.32 Å². The summed E-state index contributed by atoms with van der Waals surface area (Å²) in [6, 6.07) is 0. The average Bonchev–Trinajstić information content (AvgIpc) is 2.98. The summed E-state index contributed by atoms with van der Waals surface area (Å²) in [6.07, 6.45) is 27.1. The molecule has 4 N–H and O–H groups in total. The minimum atomic E-state index is -4.17. The van der Waals surface area contributed by atoms with Gasteiger partial charge in [-0.1, -0.05) is 103 Å². The first kappa shape index (κ1) is 46.1. The standard InChI is InChI=1S/C38H69NO8S/c1-4-5-6-7-8-9-10-11-12-13-14-15-16-17-18-19-20-21-22-23-24-25-28-37(42)47-34(2)32-35(40)27-26-29-38(3,43)33-36(41)39-30-31-48(44,45)46/h19-20,34-35,40,43H,4-18,21-22,25-33H2,1-3H3,(H,39,41)(H,44,45,46)/b20-19-/t34-,35+,38-/m1/s1. The SMILES string of the molecule is CCCCCCCCCCCCCCCC/C=C\CCC#CCCC(=O)O[C@H](C)C[C@@H](O)CCC[C@@](C)(O)CC(=O)NCCS(=O)(=O)O. The number of unbranched alkanes of at least 4 members (excludes halogenated alkanes) is 15. The van der Waals surface area contributed by atoms with Gasteiger partial charge in [0.1, 0.15) is 6.10 Å². The zero-order valence-corrected chi connectivity index (χ0v) is 31.3. The van der Waals surface area contributed by atoms with Crippen molar-refractivity contribution in [1.29, 1.82) is 0 Å². The lowest BCUT2D eigenvalue weighted by molar-refractivity contribution is -0.149. The number of aliphatic hydroxyl groups excluding tert-OH is 1. The van der Waals surface area contributed by atoms with E-state index in [1.807, 2.05) is 0 Å². The molecule has 0 spiro atoms. The summed E-state index contributed by atoms with van der Waals surface area (Å²) >= 11 is 0. The van der Waals surface area contributed by atoms with E-state index in [4.69, 9.17) is 9.29 Å². The summed E-state index contributed by atoms with van der Waals surface area (Å²) in [5.41, 5.74) is -1.33. The van der Waals surface area contributed by atoms with Crippen molar-refractivity contribution in [3.63, 3.8) is 0 Å². The quantitative estimate of drug-likeness (QED) is 0.0187. The van der Waals surface area contributed by atoms with Crippen LogP contribution in [0.25, 0.3) is 0 Å². The predicted molar refractivity (Wildman–Crippen MR) is 195 cm³/mol. The van der Waals surface area contributed by atoms with Crippen LogP contribution in [0.3, 0.4) is 0 Å². The number of amides is 1. The molecule has 280 valence electrons. The third-order valence-electron chi connectivity index (χ3n) is 8.32. The molecule has 0 saturated heterocycles. The number of aliphatic hydroxyl groups is 2. The molecule has 1 amide bonds. The predicted octanol–water partition coefficient (Wildman–Crippen LogP) is 7.98. The number of ether oxygens (including phenoxy) is 1. The molecule has 48 heavy (non-hydrogen) atoms. The van der Waals surface area contributed by atoms with Crippen molar-refractivity contribution < 1.29 is 37.5 Å². The Kier molecular flexibility index (Phi) is 28.7. The Morgan fingerprint density at radius 3 is 1.98 bits per heavy atom. The Bertz CT molecular complexity index is 1020. The number of carbonyl (C=O) groups excluding carboxylic acids is 2. The molecule has 10 heteroatoms. The molecule has 0 saturated carbocycles. The molecule has 0 radical (unpaired) electrons. The Labute approximate surface area is 293 Å². The number of hydrogen-bond acceptors (Lipinski definition) is 7. The minimum absolute atomic E-state index is 0.206. The van der Waals surface area contributed by atoms with Crippen LogP contribution < -0.4 is 5.32 Å². The first-order valence-electron chi connectivity index (χ1n) is 18.8. The van der Waals surface area contributed by atoms with Crippen LogP contribution in [-0.2, 0) is 24.4 Å². The first-order chi connectivity index (χ1) is 22.8. The smallest absolute Gasteiger partial charge is 0.307 e. The average molecular weight is 700 g/mol. The van der Waals surface area contributed by atoms with Gasteiger partial charge in [-0.15, -0.1) is 11.8 Å². The number of esters is 1. The molecule has 0 rings (SSSR count). The van der Waals surface area contributed by atoms with Gasteiger partial charge in [0.15, 0.2) is 0 Å². The van der Waals surface area contributed by atoms with Crippen LogP contribution in [0.4, 0.5) is 0 Å². The van der Waals surface area contributed by atoms with Crippen molar-refractivity contribution in [2.24, 2.45) is 0 Å². The highest BCUT2D eigenvalue weighted by Gasteiger charge is 2.25. The largest absolute Gasteiger partial charge is 0.463 e. The maximum atomic E-state index is 12.1. The van der Waals surface area contributed by atoms with Gasteiger partial charge in [0, 0.05) is 25.8 Å². The molecule has 0 aromatic heterocycles. The number of nitrogens with one attached hydrogen (secondary N) is 1. The molecule has 0 aliphatic carbocycles. The lowest BCUT2D eigenvalue weighted by Crippen LogP contribution is -2.36. The zero-order valence-electron chi connectivity index (χ0n) is 30.5. The van der Waals surface area contributed by atoms with Crippen molar-refractivity contribution in [3.05, 3.63) is 12.2 Å². The maximum absolute atomic E-state index is 12.1. The highest BCUT2D eigenvalue weighted by atomic mass is 32.2. The molecule has 0 aliphatic heterocycles. The molecule has 3 atom stereocenters. The van der Waals surface area contributed by atoms with Gasteiger partial charge < -0.3 is 20.3 Å². The van der Waals surface area contributed by atoms with E-state index in [-0.39, 0.29) is 38.2 Å². The summed E-state index contributed by atoms with van der Waals surface area (Å²) in [5.74, 6) is 4.68. The van der Waals surface area contributed by atoms with Crippen molar-refractivity contribution in [2.45, 2.75) is 193 Å². The van der Waals surface area contributed by atoms with Gasteiger partial charge in [-0.05, 0) is 52.4 Å². The molecule has 0 aliphatic rings. The molecule has 0 aromatic carbocycles. The van der Waals surface area contributed by atoms with E-state index >= 15 is 0 Å². The molecule has 0 fully saturated rings. The molecular weight excluding hydrogens is 630 g/mol. The zero-order chi connectivity index (χ0) is 35.9. The lowest BCUT2D eigenvalue weighted by Gasteiger charge is -2.23. The fourth-order valence-electron chi connectivity index (χ4n) is 5.56. The molecule has 9 nitrogen and oxygen atoms in total. The highest BCUT2D eigenvalue weighted by Crippen LogP contribution is 2.20.